The van der Waals surface area contributed by atoms with E-state index in [1.54, 1.807) is 6.20 Å². The van der Waals surface area contributed by atoms with Crippen LogP contribution in [0.1, 0.15) is 12.8 Å². The fourth-order valence-corrected chi connectivity index (χ4v) is 2.70. The monoisotopic (exact) mass is 298 g/mol. The van der Waals surface area contributed by atoms with Gasteiger partial charge in [0, 0.05) is 36.9 Å². The summed E-state index contributed by atoms with van der Waals surface area (Å²) in [6.07, 6.45) is 3.74. The summed E-state index contributed by atoms with van der Waals surface area (Å²) in [5.41, 5.74) is 8.07. The number of ether oxygens (including phenoxy) is 2. The zero-order valence-corrected chi connectivity index (χ0v) is 12.7. The lowest BCUT2D eigenvalue weighted by Crippen LogP contribution is -2.41. The molecule has 3 rings (SSSR count). The Labute approximate surface area is 131 Å². The highest BCUT2D eigenvalue weighted by Crippen LogP contribution is 2.30. The Hall–Kier alpha value is -1.91. The van der Waals surface area contributed by atoms with Crippen molar-refractivity contribution >= 4 is 0 Å². The third-order valence-electron chi connectivity index (χ3n) is 4.35. The maximum atomic E-state index is 5.97. The molecule has 22 heavy (non-hydrogen) atoms. The van der Waals surface area contributed by atoms with Crippen molar-refractivity contribution in [1.29, 1.82) is 0 Å². The first-order valence-electron chi connectivity index (χ1n) is 7.73. The van der Waals surface area contributed by atoms with Crippen LogP contribution in [0.3, 0.4) is 0 Å². The average Bonchev–Trinajstić information content (AvgIpc) is 2.62. The molecule has 0 bridgehead atoms. The lowest BCUT2D eigenvalue weighted by atomic mass is 9.81. The molecule has 4 nitrogen and oxygen atoms in total. The summed E-state index contributed by atoms with van der Waals surface area (Å²) < 4.78 is 11.4. The molecule has 0 radical (unpaired) electrons. The van der Waals surface area contributed by atoms with Gasteiger partial charge < -0.3 is 15.2 Å². The Kier molecular flexibility index (Phi) is 4.71. The summed E-state index contributed by atoms with van der Waals surface area (Å²) in [6.45, 7) is 2.84. The van der Waals surface area contributed by atoms with Crippen LogP contribution in [0.25, 0.3) is 11.3 Å². The molecule has 0 atom stereocenters. The van der Waals surface area contributed by atoms with Gasteiger partial charge in [0.15, 0.2) is 0 Å². The summed E-state index contributed by atoms with van der Waals surface area (Å²) in [4.78, 5) is 4.35. The first-order chi connectivity index (χ1) is 10.8. The van der Waals surface area contributed by atoms with E-state index in [4.69, 9.17) is 15.2 Å². The van der Waals surface area contributed by atoms with Crippen molar-refractivity contribution in [1.82, 2.24) is 4.98 Å². The Bertz CT molecular complexity index is 578. The number of rotatable bonds is 5. The molecule has 1 aliphatic heterocycles. The van der Waals surface area contributed by atoms with E-state index in [1.165, 1.54) is 0 Å². The van der Waals surface area contributed by atoms with Crippen molar-refractivity contribution in [3.8, 4) is 17.0 Å². The molecule has 2 heterocycles. The van der Waals surface area contributed by atoms with Crippen LogP contribution in [0.15, 0.2) is 48.7 Å². The number of nitrogens with two attached hydrogens (primary N) is 1. The fraction of sp³-hybridized carbons (Fsp3) is 0.389. The molecule has 1 fully saturated rings. The normalized spacial score (nSPS) is 17.1. The smallest absolute Gasteiger partial charge is 0.119 e. The number of aromatic nitrogens is 1. The molecule has 1 aromatic carbocycles. The minimum Gasteiger partial charge on any atom is -0.493 e. The van der Waals surface area contributed by atoms with Crippen LogP contribution < -0.4 is 10.5 Å². The second-order valence-corrected chi connectivity index (χ2v) is 5.84. The molecule has 0 saturated carbocycles. The highest BCUT2D eigenvalue weighted by molar-refractivity contribution is 5.59. The van der Waals surface area contributed by atoms with Crippen LogP contribution in [0.2, 0.25) is 0 Å². The molecule has 1 saturated heterocycles. The van der Waals surface area contributed by atoms with E-state index in [2.05, 4.69) is 4.98 Å². The van der Waals surface area contributed by atoms with Gasteiger partial charge in [-0.3, -0.25) is 4.98 Å². The van der Waals surface area contributed by atoms with Crippen LogP contribution in [-0.4, -0.2) is 31.3 Å². The summed E-state index contributed by atoms with van der Waals surface area (Å²) in [5, 5.41) is 0. The van der Waals surface area contributed by atoms with Gasteiger partial charge in [0.25, 0.3) is 0 Å². The number of hydrogen-bond acceptors (Lipinski definition) is 4. The maximum Gasteiger partial charge on any atom is 0.119 e. The lowest BCUT2D eigenvalue weighted by Gasteiger charge is -2.35. The van der Waals surface area contributed by atoms with Crippen molar-refractivity contribution in [3.05, 3.63) is 48.7 Å². The molecular formula is C18H22N2O2. The van der Waals surface area contributed by atoms with Gasteiger partial charge >= 0.3 is 0 Å². The predicted octanol–water partition coefficient (Wildman–Crippen LogP) is 2.88. The van der Waals surface area contributed by atoms with Crippen molar-refractivity contribution in [2.75, 3.05) is 26.4 Å². The van der Waals surface area contributed by atoms with Gasteiger partial charge in [0.1, 0.15) is 5.75 Å². The van der Waals surface area contributed by atoms with Crippen molar-refractivity contribution in [2.24, 2.45) is 11.1 Å². The second kappa shape index (κ2) is 6.90. The average molecular weight is 298 g/mol. The van der Waals surface area contributed by atoms with Crippen LogP contribution >= 0.6 is 0 Å². The minimum atomic E-state index is 0.0535. The predicted molar refractivity (Wildman–Crippen MR) is 86.7 cm³/mol. The standard InChI is InChI=1S/C18H22N2O2/c19-13-18(8-11-21-12-9-18)14-22-16-6-4-15(5-7-16)17-3-1-2-10-20-17/h1-7,10H,8-9,11-14,19H2. The SMILES string of the molecule is NCC1(COc2ccc(-c3ccccn3)cc2)CCOCC1. The van der Waals surface area contributed by atoms with E-state index in [0.717, 1.165) is 43.1 Å². The van der Waals surface area contributed by atoms with E-state index in [9.17, 15) is 0 Å². The fourth-order valence-electron chi connectivity index (χ4n) is 2.70. The molecular weight excluding hydrogens is 276 g/mol. The summed E-state index contributed by atoms with van der Waals surface area (Å²) in [7, 11) is 0. The number of benzene rings is 1. The van der Waals surface area contributed by atoms with Gasteiger partial charge in [-0.15, -0.1) is 0 Å². The highest BCUT2D eigenvalue weighted by Gasteiger charge is 2.32. The highest BCUT2D eigenvalue weighted by atomic mass is 16.5. The molecule has 1 aliphatic rings. The molecule has 2 N–H and O–H groups in total. The zero-order valence-electron chi connectivity index (χ0n) is 12.7. The Balaban J connectivity index is 1.64. The lowest BCUT2D eigenvalue weighted by molar-refractivity contribution is -0.00498. The number of pyridine rings is 1. The second-order valence-electron chi connectivity index (χ2n) is 5.84. The third kappa shape index (κ3) is 3.46. The van der Waals surface area contributed by atoms with E-state index >= 15 is 0 Å². The molecule has 0 unspecified atom stereocenters. The molecule has 0 amide bonds. The zero-order chi connectivity index (χ0) is 15.3. The Morgan fingerprint density at radius 2 is 1.86 bits per heavy atom. The number of nitrogens with zero attached hydrogens (tertiary/aromatic N) is 1. The van der Waals surface area contributed by atoms with E-state index < -0.39 is 0 Å². The van der Waals surface area contributed by atoms with Crippen molar-refractivity contribution in [3.63, 3.8) is 0 Å². The maximum absolute atomic E-state index is 5.97. The molecule has 116 valence electrons. The topological polar surface area (TPSA) is 57.4 Å². The quantitative estimate of drug-likeness (QED) is 0.922. The van der Waals surface area contributed by atoms with Crippen molar-refractivity contribution in [2.45, 2.75) is 12.8 Å². The van der Waals surface area contributed by atoms with Gasteiger partial charge in [0.2, 0.25) is 0 Å². The van der Waals surface area contributed by atoms with E-state index in [1.807, 2.05) is 42.5 Å². The largest absolute Gasteiger partial charge is 0.493 e. The summed E-state index contributed by atoms with van der Waals surface area (Å²) in [5.74, 6) is 0.874. The Morgan fingerprint density at radius 1 is 1.09 bits per heavy atom. The van der Waals surface area contributed by atoms with Gasteiger partial charge in [-0.1, -0.05) is 6.07 Å². The molecule has 1 aromatic heterocycles. The summed E-state index contributed by atoms with van der Waals surface area (Å²) >= 11 is 0. The van der Waals surface area contributed by atoms with Gasteiger partial charge in [-0.2, -0.15) is 0 Å². The van der Waals surface area contributed by atoms with Crippen LogP contribution in [0.4, 0.5) is 0 Å². The van der Waals surface area contributed by atoms with Gasteiger partial charge in [0.05, 0.1) is 12.3 Å². The van der Waals surface area contributed by atoms with Gasteiger partial charge in [-0.25, -0.2) is 0 Å². The summed E-state index contributed by atoms with van der Waals surface area (Å²) in [6, 6.07) is 14.0. The van der Waals surface area contributed by atoms with Crippen LogP contribution in [-0.2, 0) is 4.74 Å². The molecule has 2 aromatic rings. The molecule has 4 heteroatoms. The first-order valence-corrected chi connectivity index (χ1v) is 7.73. The Morgan fingerprint density at radius 3 is 2.50 bits per heavy atom. The van der Waals surface area contributed by atoms with E-state index in [-0.39, 0.29) is 5.41 Å². The first kappa shape index (κ1) is 15.0. The third-order valence-corrected chi connectivity index (χ3v) is 4.35. The van der Waals surface area contributed by atoms with E-state index in [0.29, 0.717) is 13.2 Å². The number of hydrogen-bond donors (Lipinski definition) is 1. The van der Waals surface area contributed by atoms with Crippen molar-refractivity contribution < 1.29 is 9.47 Å². The van der Waals surface area contributed by atoms with Gasteiger partial charge in [-0.05, 0) is 49.2 Å². The molecule has 0 aliphatic carbocycles. The van der Waals surface area contributed by atoms with Crippen LogP contribution in [0, 0.1) is 5.41 Å². The molecule has 0 spiro atoms. The minimum absolute atomic E-state index is 0.0535. The van der Waals surface area contributed by atoms with Crippen LogP contribution in [0.5, 0.6) is 5.75 Å².